The molecule has 1 aromatic carbocycles. The lowest BCUT2D eigenvalue weighted by atomic mass is 10.1. The normalized spacial score (nSPS) is 12.7. The Bertz CT molecular complexity index is 512. The molecular formula is C11H9BrClFN2S. The fourth-order valence-electron chi connectivity index (χ4n) is 1.57. The highest BCUT2D eigenvalue weighted by molar-refractivity contribution is 9.10. The highest BCUT2D eigenvalue weighted by Gasteiger charge is 2.15. The van der Waals surface area contributed by atoms with E-state index in [1.165, 1.54) is 23.5 Å². The molecule has 0 aliphatic heterocycles. The third-order valence-corrected chi connectivity index (χ3v) is 4.02. The van der Waals surface area contributed by atoms with Gasteiger partial charge in [0.15, 0.2) is 0 Å². The Kier molecular flexibility index (Phi) is 4.17. The summed E-state index contributed by atoms with van der Waals surface area (Å²) in [6.07, 6.45) is 0. The number of hydrogen-bond acceptors (Lipinski definition) is 3. The molecular weight excluding hydrogens is 327 g/mol. The number of rotatable bonds is 3. The van der Waals surface area contributed by atoms with Crippen molar-refractivity contribution < 1.29 is 4.39 Å². The van der Waals surface area contributed by atoms with E-state index in [0.29, 0.717) is 8.81 Å². The molecule has 0 fully saturated rings. The number of halogens is 3. The highest BCUT2D eigenvalue weighted by atomic mass is 79.9. The summed E-state index contributed by atoms with van der Waals surface area (Å²) in [7, 11) is 0. The molecule has 1 unspecified atom stereocenters. The number of nitrogens with two attached hydrogens (primary N) is 1. The Labute approximate surface area is 116 Å². The molecule has 3 N–H and O–H groups in total. The molecule has 6 heteroatoms. The average molecular weight is 336 g/mol. The summed E-state index contributed by atoms with van der Waals surface area (Å²) in [5.41, 5.74) is 3.41. The van der Waals surface area contributed by atoms with E-state index in [2.05, 4.69) is 21.4 Å². The van der Waals surface area contributed by atoms with Gasteiger partial charge in [0.1, 0.15) is 5.82 Å². The first-order valence-electron chi connectivity index (χ1n) is 4.77. The van der Waals surface area contributed by atoms with Crippen molar-refractivity contribution in [2.45, 2.75) is 6.04 Å². The van der Waals surface area contributed by atoms with E-state index in [0.717, 1.165) is 10.4 Å². The van der Waals surface area contributed by atoms with Crippen molar-refractivity contribution in [1.29, 1.82) is 0 Å². The van der Waals surface area contributed by atoms with Gasteiger partial charge in [-0.05, 0) is 35.9 Å². The van der Waals surface area contributed by atoms with Crippen molar-refractivity contribution >= 4 is 38.9 Å². The Balaban J connectivity index is 2.41. The molecule has 2 rings (SSSR count). The molecule has 0 saturated carbocycles. The van der Waals surface area contributed by atoms with Crippen LogP contribution in [-0.4, -0.2) is 0 Å². The van der Waals surface area contributed by atoms with Gasteiger partial charge in [0, 0.05) is 9.35 Å². The second kappa shape index (κ2) is 5.46. The second-order valence-corrected chi connectivity index (χ2v) is 6.11. The van der Waals surface area contributed by atoms with Crippen LogP contribution in [0, 0.1) is 5.82 Å². The second-order valence-electron chi connectivity index (χ2n) is 3.44. The monoisotopic (exact) mass is 334 g/mol. The molecule has 90 valence electrons. The number of nitrogens with one attached hydrogen (secondary N) is 1. The molecule has 1 atom stereocenters. The van der Waals surface area contributed by atoms with Crippen LogP contribution in [0.5, 0.6) is 0 Å². The Morgan fingerprint density at radius 3 is 2.65 bits per heavy atom. The summed E-state index contributed by atoms with van der Waals surface area (Å²) in [5, 5.41) is 0. The Morgan fingerprint density at radius 1 is 1.35 bits per heavy atom. The van der Waals surface area contributed by atoms with Crippen LogP contribution < -0.4 is 11.3 Å². The maximum atomic E-state index is 13.3. The van der Waals surface area contributed by atoms with Gasteiger partial charge in [0.05, 0.1) is 10.4 Å². The van der Waals surface area contributed by atoms with Gasteiger partial charge in [-0.1, -0.05) is 27.5 Å². The molecule has 0 radical (unpaired) electrons. The van der Waals surface area contributed by atoms with Crippen LogP contribution in [0.3, 0.4) is 0 Å². The van der Waals surface area contributed by atoms with Gasteiger partial charge in [-0.3, -0.25) is 5.84 Å². The van der Waals surface area contributed by atoms with Crippen LogP contribution in [-0.2, 0) is 0 Å². The lowest BCUT2D eigenvalue weighted by molar-refractivity contribution is 0.607. The lowest BCUT2D eigenvalue weighted by Crippen LogP contribution is -2.28. The number of hydrazine groups is 1. The summed E-state index contributed by atoms with van der Waals surface area (Å²) >= 11 is 10.5. The SMILES string of the molecule is NNC(c1cc(F)cc(Br)c1)c1ccc(Cl)s1. The van der Waals surface area contributed by atoms with Crippen molar-refractivity contribution in [3.8, 4) is 0 Å². The van der Waals surface area contributed by atoms with E-state index in [9.17, 15) is 4.39 Å². The molecule has 0 aliphatic carbocycles. The van der Waals surface area contributed by atoms with Gasteiger partial charge in [0.25, 0.3) is 0 Å². The third-order valence-electron chi connectivity index (χ3n) is 2.26. The van der Waals surface area contributed by atoms with E-state index in [-0.39, 0.29) is 11.9 Å². The number of thiophene rings is 1. The van der Waals surface area contributed by atoms with Crippen molar-refractivity contribution in [2.24, 2.45) is 5.84 Å². The van der Waals surface area contributed by atoms with E-state index in [4.69, 9.17) is 17.4 Å². The van der Waals surface area contributed by atoms with Crippen molar-refractivity contribution in [2.75, 3.05) is 0 Å². The maximum absolute atomic E-state index is 13.3. The molecule has 0 spiro atoms. The first-order chi connectivity index (χ1) is 8.10. The predicted octanol–water partition coefficient (Wildman–Crippen LogP) is 3.86. The number of benzene rings is 1. The Hall–Kier alpha value is -0.460. The first-order valence-corrected chi connectivity index (χ1v) is 6.76. The minimum absolute atomic E-state index is 0.264. The van der Waals surface area contributed by atoms with E-state index in [1.807, 2.05) is 12.1 Å². The largest absolute Gasteiger partial charge is 0.271 e. The molecule has 2 nitrogen and oxygen atoms in total. The fraction of sp³-hybridized carbons (Fsp3) is 0.0909. The summed E-state index contributed by atoms with van der Waals surface area (Å²) in [6, 6.07) is 8.07. The zero-order valence-corrected chi connectivity index (χ0v) is 11.7. The first kappa shape index (κ1) is 13.0. The van der Waals surface area contributed by atoms with E-state index < -0.39 is 0 Å². The molecule has 0 saturated heterocycles. The summed E-state index contributed by atoms with van der Waals surface area (Å²) in [4.78, 5) is 0.940. The van der Waals surface area contributed by atoms with E-state index in [1.54, 1.807) is 6.07 Å². The summed E-state index contributed by atoms with van der Waals surface area (Å²) in [6.45, 7) is 0. The van der Waals surface area contributed by atoms with Crippen LogP contribution >= 0.6 is 38.9 Å². The molecule has 0 aliphatic rings. The third kappa shape index (κ3) is 3.05. The number of hydrogen-bond donors (Lipinski definition) is 2. The van der Waals surface area contributed by atoms with Gasteiger partial charge in [-0.15, -0.1) is 11.3 Å². The zero-order chi connectivity index (χ0) is 12.4. The van der Waals surface area contributed by atoms with Gasteiger partial charge in [0.2, 0.25) is 0 Å². The van der Waals surface area contributed by atoms with Crippen LogP contribution in [0.15, 0.2) is 34.8 Å². The molecule has 0 amide bonds. The van der Waals surface area contributed by atoms with Crippen LogP contribution in [0.1, 0.15) is 16.5 Å². The molecule has 2 aromatic rings. The van der Waals surface area contributed by atoms with Crippen molar-refractivity contribution in [1.82, 2.24) is 5.43 Å². The van der Waals surface area contributed by atoms with Crippen LogP contribution in [0.25, 0.3) is 0 Å². The van der Waals surface area contributed by atoms with Gasteiger partial charge < -0.3 is 0 Å². The average Bonchev–Trinajstić information content (AvgIpc) is 2.64. The molecule has 17 heavy (non-hydrogen) atoms. The topological polar surface area (TPSA) is 38.0 Å². The van der Waals surface area contributed by atoms with Crippen molar-refractivity contribution in [3.05, 3.63) is 55.4 Å². The van der Waals surface area contributed by atoms with Gasteiger partial charge in [-0.25, -0.2) is 9.82 Å². The predicted molar refractivity (Wildman–Crippen MR) is 72.6 cm³/mol. The smallest absolute Gasteiger partial charge is 0.124 e. The minimum atomic E-state index is -0.308. The van der Waals surface area contributed by atoms with E-state index >= 15 is 0 Å². The minimum Gasteiger partial charge on any atom is -0.271 e. The quantitative estimate of drug-likeness (QED) is 0.660. The van der Waals surface area contributed by atoms with Crippen molar-refractivity contribution in [3.63, 3.8) is 0 Å². The van der Waals surface area contributed by atoms with Crippen LogP contribution in [0.2, 0.25) is 4.34 Å². The van der Waals surface area contributed by atoms with Crippen LogP contribution in [0.4, 0.5) is 4.39 Å². The summed E-state index contributed by atoms with van der Waals surface area (Å²) in [5.74, 6) is 5.21. The van der Waals surface area contributed by atoms with Gasteiger partial charge >= 0.3 is 0 Å². The molecule has 1 aromatic heterocycles. The molecule has 1 heterocycles. The molecule has 0 bridgehead atoms. The lowest BCUT2D eigenvalue weighted by Gasteiger charge is -2.15. The van der Waals surface area contributed by atoms with Gasteiger partial charge in [-0.2, -0.15) is 0 Å². The highest BCUT2D eigenvalue weighted by Crippen LogP contribution is 2.31. The zero-order valence-electron chi connectivity index (χ0n) is 8.58. The summed E-state index contributed by atoms with van der Waals surface area (Å²) < 4.78 is 14.7. The maximum Gasteiger partial charge on any atom is 0.124 e. The standard InChI is InChI=1S/C11H9BrClFN2S/c12-7-3-6(4-8(14)5-7)11(16-15)9-1-2-10(13)17-9/h1-5,11,16H,15H2. The fourth-order valence-corrected chi connectivity index (χ4v) is 3.20. The Morgan fingerprint density at radius 2 is 2.12 bits per heavy atom.